The van der Waals surface area contributed by atoms with E-state index in [2.05, 4.69) is 106 Å². The molecule has 6 unspecified atom stereocenters. The highest BCUT2D eigenvalue weighted by Crippen LogP contribution is 2.26. The Balaban J connectivity index is 2.73. The van der Waals surface area contributed by atoms with Crippen LogP contribution in [-0.4, -0.2) is 89.2 Å². The highest BCUT2D eigenvalue weighted by molar-refractivity contribution is 5.74. The number of aliphatic hydroxyl groups is 2. The molecule has 1 rings (SSSR count). The van der Waals surface area contributed by atoms with Gasteiger partial charge in [-0.25, -0.2) is 4.79 Å². The number of aliphatic hydroxyl groups excluding tert-OH is 2. The quantitative estimate of drug-likeness (QED) is 0.0228. The normalized spacial score (nSPS) is 18.7. The molecule has 0 aromatic carbocycles. The molecule has 12 heteroatoms. The summed E-state index contributed by atoms with van der Waals surface area (Å²) in [6, 6.07) is 0. The highest BCUT2D eigenvalue weighted by Gasteiger charge is 2.50. The molecule has 0 spiro atoms. The van der Waals surface area contributed by atoms with E-state index in [4.69, 9.17) is 23.7 Å². The lowest BCUT2D eigenvalue weighted by Crippen LogP contribution is -2.61. The molecule has 0 aromatic rings. The van der Waals surface area contributed by atoms with Crippen LogP contribution in [-0.2, 0) is 42.9 Å². The summed E-state index contributed by atoms with van der Waals surface area (Å²) in [5, 5.41) is 31.5. The largest absolute Gasteiger partial charge is 0.479 e. The first-order valence-electron chi connectivity index (χ1n) is 30.2. The van der Waals surface area contributed by atoms with E-state index in [1.807, 2.05) is 12.2 Å². The topological polar surface area (TPSA) is 175 Å². The lowest BCUT2D eigenvalue weighted by Gasteiger charge is -2.40. The summed E-state index contributed by atoms with van der Waals surface area (Å²) in [4.78, 5) is 51.1. The van der Waals surface area contributed by atoms with Crippen LogP contribution in [0.5, 0.6) is 0 Å². The monoisotopic (exact) mass is 1080 g/mol. The third-order valence-electron chi connectivity index (χ3n) is 13.1. The predicted molar refractivity (Wildman–Crippen MR) is 312 cm³/mol. The van der Waals surface area contributed by atoms with Gasteiger partial charge in [0.2, 0.25) is 0 Å². The van der Waals surface area contributed by atoms with Crippen LogP contribution in [0.15, 0.2) is 97.2 Å². The van der Waals surface area contributed by atoms with Crippen molar-refractivity contribution in [3.05, 3.63) is 97.2 Å². The second kappa shape index (κ2) is 52.3. The summed E-state index contributed by atoms with van der Waals surface area (Å²) in [5.74, 6) is -3.25. The van der Waals surface area contributed by atoms with Crippen molar-refractivity contribution in [3.63, 3.8) is 0 Å². The van der Waals surface area contributed by atoms with E-state index in [0.717, 1.165) is 116 Å². The summed E-state index contributed by atoms with van der Waals surface area (Å²) in [5.41, 5.74) is 0. The number of carbonyl (C=O) groups excluding carboxylic acids is 3. The maximum atomic E-state index is 13.1. The van der Waals surface area contributed by atoms with Crippen LogP contribution in [0.3, 0.4) is 0 Å². The van der Waals surface area contributed by atoms with Gasteiger partial charge < -0.3 is 39.0 Å². The third kappa shape index (κ3) is 42.3. The molecule has 1 fully saturated rings. The first-order valence-corrected chi connectivity index (χ1v) is 30.2. The third-order valence-corrected chi connectivity index (χ3v) is 13.1. The molecule has 0 aliphatic carbocycles. The van der Waals surface area contributed by atoms with Gasteiger partial charge in [0.1, 0.15) is 18.8 Å². The number of carboxylic acids is 1. The van der Waals surface area contributed by atoms with Crippen LogP contribution in [0.25, 0.3) is 0 Å². The minimum absolute atomic E-state index is 0.0511. The Bertz CT molecular complexity index is 1710. The number of carboxylic acid groups (broad SMARTS) is 1. The summed E-state index contributed by atoms with van der Waals surface area (Å²) in [6.45, 7) is 5.74. The molecule has 438 valence electrons. The summed E-state index contributed by atoms with van der Waals surface area (Å²) >= 11 is 0. The molecular weight excluding hydrogens is 973 g/mol. The fraction of sp³-hybridized carbons (Fsp3) is 0.692. The SMILES string of the molecule is CC/C=C\C/C=C\C/C=C\C/C=C\C/C=C\C/C=C\CCC(=O)OCC(COC1OC(C(=O)O)C(O)C(O)C1OC(=O)CCCCCCCCCCCCCCCCC)OC(=O)CCCCCCC/C=C\C/C=C\CCC. The number of carbonyl (C=O) groups is 4. The summed E-state index contributed by atoms with van der Waals surface area (Å²) < 4.78 is 28.3. The maximum absolute atomic E-state index is 13.1. The van der Waals surface area contributed by atoms with E-state index in [1.165, 1.54) is 64.2 Å². The van der Waals surface area contributed by atoms with Crippen molar-refractivity contribution in [2.75, 3.05) is 13.2 Å². The van der Waals surface area contributed by atoms with Gasteiger partial charge in [-0.2, -0.15) is 0 Å². The molecule has 0 bridgehead atoms. The highest BCUT2D eigenvalue weighted by atomic mass is 16.7. The molecule has 6 atom stereocenters. The van der Waals surface area contributed by atoms with E-state index in [9.17, 15) is 34.5 Å². The average Bonchev–Trinajstić information content (AvgIpc) is 3.42. The van der Waals surface area contributed by atoms with Crippen LogP contribution < -0.4 is 0 Å². The van der Waals surface area contributed by atoms with Crippen LogP contribution in [0.4, 0.5) is 0 Å². The number of unbranched alkanes of at least 4 members (excludes halogenated alkanes) is 20. The van der Waals surface area contributed by atoms with E-state index < -0.39 is 67.3 Å². The number of rotatable bonds is 50. The van der Waals surface area contributed by atoms with Gasteiger partial charge in [0, 0.05) is 19.3 Å². The lowest BCUT2D eigenvalue weighted by molar-refractivity contribution is -0.301. The van der Waals surface area contributed by atoms with E-state index in [-0.39, 0.29) is 25.9 Å². The zero-order valence-electron chi connectivity index (χ0n) is 48.2. The molecule has 0 amide bonds. The first-order chi connectivity index (χ1) is 37.6. The molecule has 12 nitrogen and oxygen atoms in total. The van der Waals surface area contributed by atoms with Gasteiger partial charge >= 0.3 is 23.9 Å². The van der Waals surface area contributed by atoms with Crippen LogP contribution in [0, 0.1) is 0 Å². The van der Waals surface area contributed by atoms with Crippen molar-refractivity contribution in [1.29, 1.82) is 0 Å². The van der Waals surface area contributed by atoms with E-state index >= 15 is 0 Å². The predicted octanol–water partition coefficient (Wildman–Crippen LogP) is 15.7. The van der Waals surface area contributed by atoms with Crippen molar-refractivity contribution in [2.45, 2.75) is 276 Å². The smallest absolute Gasteiger partial charge is 0.335 e. The molecule has 1 saturated heterocycles. The standard InChI is InChI=1S/C65H106O12/c1-4-7-10-13-16-19-22-25-27-28-29-30-32-34-36-39-42-45-48-51-57(66)73-54-56(75-58(67)52-49-46-43-40-37-33-24-21-18-15-12-9-6-3)55-74-65-63(61(70)60(69)62(77-65)64(71)72)76-59(68)53-50-47-44-41-38-35-31-26-23-20-17-14-11-8-5-2/h7,10,12,15-16,19,21,24-25,27,29-30,34,36,42,45,56,60-63,65,69-70H,4-6,8-9,11,13-14,17-18,20,22-23,26,28,31-33,35,37-41,43-44,46-55H2,1-3H3,(H,71,72)/b10-7-,15-12-,19-16-,24-21-,27-25-,30-29-,36-34-,45-42-. The van der Waals surface area contributed by atoms with Gasteiger partial charge in [0.25, 0.3) is 0 Å². The molecular formula is C65H106O12. The second-order valence-corrected chi connectivity index (χ2v) is 20.3. The molecule has 0 radical (unpaired) electrons. The Morgan fingerprint density at radius 1 is 0.442 bits per heavy atom. The van der Waals surface area contributed by atoms with Crippen LogP contribution in [0.1, 0.15) is 239 Å². The van der Waals surface area contributed by atoms with Gasteiger partial charge in [-0.15, -0.1) is 0 Å². The van der Waals surface area contributed by atoms with Crippen molar-refractivity contribution >= 4 is 23.9 Å². The van der Waals surface area contributed by atoms with Gasteiger partial charge in [-0.05, 0) is 83.5 Å². The zero-order chi connectivity index (χ0) is 56.1. The van der Waals surface area contributed by atoms with E-state index in [1.54, 1.807) is 0 Å². The minimum Gasteiger partial charge on any atom is -0.479 e. The van der Waals surface area contributed by atoms with Crippen LogP contribution in [0.2, 0.25) is 0 Å². The van der Waals surface area contributed by atoms with E-state index in [0.29, 0.717) is 19.3 Å². The molecule has 1 aliphatic rings. The number of esters is 3. The maximum Gasteiger partial charge on any atom is 0.335 e. The van der Waals surface area contributed by atoms with Crippen molar-refractivity contribution < 1.29 is 58.2 Å². The number of allylic oxidation sites excluding steroid dienone is 16. The van der Waals surface area contributed by atoms with Gasteiger partial charge in [0.15, 0.2) is 24.6 Å². The zero-order valence-corrected chi connectivity index (χ0v) is 48.2. The van der Waals surface area contributed by atoms with Crippen molar-refractivity contribution in [3.8, 4) is 0 Å². The van der Waals surface area contributed by atoms with Crippen molar-refractivity contribution in [2.24, 2.45) is 0 Å². The van der Waals surface area contributed by atoms with Crippen molar-refractivity contribution in [1.82, 2.24) is 0 Å². The summed E-state index contributed by atoms with van der Waals surface area (Å²) in [6.07, 6.45) is 56.7. The van der Waals surface area contributed by atoms with Gasteiger partial charge in [-0.3, -0.25) is 14.4 Å². The Labute approximate surface area is 466 Å². The summed E-state index contributed by atoms with van der Waals surface area (Å²) in [7, 11) is 0. The average molecular weight is 1080 g/mol. The Kier molecular flexibility index (Phi) is 48.0. The fourth-order valence-corrected chi connectivity index (χ4v) is 8.55. The molecule has 1 aliphatic heterocycles. The number of hydrogen-bond donors (Lipinski definition) is 3. The van der Waals surface area contributed by atoms with Gasteiger partial charge in [-0.1, -0.05) is 234 Å². The Hall–Kier alpha value is -4.36. The number of hydrogen-bond acceptors (Lipinski definition) is 11. The Morgan fingerprint density at radius 3 is 1.35 bits per heavy atom. The first kappa shape index (κ1) is 70.7. The second-order valence-electron chi connectivity index (χ2n) is 20.3. The number of ether oxygens (including phenoxy) is 5. The molecule has 0 saturated carbocycles. The van der Waals surface area contributed by atoms with Crippen LogP contribution >= 0.6 is 0 Å². The lowest BCUT2D eigenvalue weighted by atomic mass is 9.98. The molecule has 77 heavy (non-hydrogen) atoms. The molecule has 3 N–H and O–H groups in total. The van der Waals surface area contributed by atoms with Gasteiger partial charge in [0.05, 0.1) is 6.61 Å². The number of aliphatic carboxylic acids is 1. The molecule has 1 heterocycles. The fourth-order valence-electron chi connectivity index (χ4n) is 8.55. The molecule has 0 aromatic heterocycles. The Morgan fingerprint density at radius 2 is 0.870 bits per heavy atom. The minimum atomic E-state index is -1.92.